The minimum absolute atomic E-state index is 1.16. The summed E-state index contributed by atoms with van der Waals surface area (Å²) in [5, 5.41) is 2.66. The van der Waals surface area contributed by atoms with Crippen LogP contribution in [0.5, 0.6) is 0 Å². The van der Waals surface area contributed by atoms with Gasteiger partial charge in [-0.05, 0) is 37.6 Å². The van der Waals surface area contributed by atoms with Crippen LogP contribution in [-0.4, -0.2) is 13.7 Å². The van der Waals surface area contributed by atoms with Crippen molar-refractivity contribution in [2.75, 3.05) is 0 Å². The van der Waals surface area contributed by atoms with Crippen LogP contribution in [0.25, 0.3) is 33.4 Å². The highest BCUT2D eigenvalue weighted by molar-refractivity contribution is 6.10. The third-order valence-corrected chi connectivity index (χ3v) is 6.27. The summed E-state index contributed by atoms with van der Waals surface area (Å²) < 4.78 is 9.26. The zero-order chi connectivity index (χ0) is 19.6. The van der Waals surface area contributed by atoms with Gasteiger partial charge in [0.05, 0.1) is 7.05 Å². The number of benzene rings is 2. The molecule has 28 heavy (non-hydrogen) atoms. The Labute approximate surface area is 164 Å². The minimum Gasteiger partial charge on any atom is -0.321 e. The largest absolute Gasteiger partial charge is 0.321 e. The summed E-state index contributed by atoms with van der Waals surface area (Å²) in [5.74, 6) is 2.35. The predicted octanol–water partition coefficient (Wildman–Crippen LogP) is 4.66. The van der Waals surface area contributed by atoms with E-state index in [2.05, 4.69) is 114 Å². The van der Waals surface area contributed by atoms with Gasteiger partial charge in [0, 0.05) is 30.4 Å². The summed E-state index contributed by atoms with van der Waals surface area (Å²) in [6.45, 7) is 6.60. The number of rotatable bonds is 2. The highest BCUT2D eigenvalue weighted by Gasteiger charge is 2.27. The van der Waals surface area contributed by atoms with Crippen LogP contribution in [-0.2, 0) is 14.1 Å². The first-order valence-corrected chi connectivity index (χ1v) is 9.69. The molecular formula is C24H25N4+. The van der Waals surface area contributed by atoms with E-state index in [0.29, 0.717) is 0 Å². The summed E-state index contributed by atoms with van der Waals surface area (Å²) in [7, 11) is 4.31. The standard InChI is InChI=1S/C24H25N4/c1-16-17(2)25(4)24-23(16)20-13-9-10-14-21(20)28(24)22-15-27(18(3)26(22)5)19-11-7-6-8-12-19/h6-15H,1-5H3/q+1. The quantitative estimate of drug-likeness (QED) is 0.403. The lowest BCUT2D eigenvalue weighted by molar-refractivity contribution is -0.671. The molecule has 0 unspecified atom stereocenters. The average molecular weight is 369 g/mol. The third-order valence-electron chi connectivity index (χ3n) is 6.27. The van der Waals surface area contributed by atoms with E-state index in [1.807, 2.05) is 0 Å². The van der Waals surface area contributed by atoms with Crippen molar-refractivity contribution in [2.45, 2.75) is 20.8 Å². The Bertz CT molecular complexity index is 1350. The number of nitrogens with zero attached hydrogens (tertiary/aromatic N) is 4. The van der Waals surface area contributed by atoms with E-state index in [9.17, 15) is 0 Å². The first kappa shape index (κ1) is 16.9. The van der Waals surface area contributed by atoms with E-state index < -0.39 is 0 Å². The Morgan fingerprint density at radius 1 is 0.857 bits per heavy atom. The number of fused-ring (bicyclic) bond motifs is 3. The molecule has 4 heteroatoms. The first-order chi connectivity index (χ1) is 13.5. The maximum Gasteiger partial charge on any atom is 0.267 e. The summed E-state index contributed by atoms with van der Waals surface area (Å²) in [6.07, 6.45) is 2.24. The van der Waals surface area contributed by atoms with Gasteiger partial charge in [0.25, 0.3) is 5.82 Å². The van der Waals surface area contributed by atoms with Crippen molar-refractivity contribution < 1.29 is 4.57 Å². The van der Waals surface area contributed by atoms with Crippen LogP contribution in [0.4, 0.5) is 0 Å². The molecule has 2 aromatic carbocycles. The molecule has 5 aromatic rings. The number of imidazole rings is 1. The second-order valence-electron chi connectivity index (χ2n) is 7.62. The van der Waals surface area contributed by atoms with Crippen LogP contribution in [0, 0.1) is 20.8 Å². The SMILES string of the molecule is Cc1c(C)n(C)c2c1c1ccccc1n2-c1cn(-c2ccccc2)c(C)[n+]1C. The molecule has 3 heterocycles. The number of hydrogen-bond donors (Lipinski definition) is 0. The van der Waals surface area contributed by atoms with Crippen molar-refractivity contribution in [3.05, 3.63) is 77.9 Å². The molecule has 0 bridgehead atoms. The van der Waals surface area contributed by atoms with Crippen molar-refractivity contribution in [1.82, 2.24) is 13.7 Å². The highest BCUT2D eigenvalue weighted by atomic mass is 15.3. The van der Waals surface area contributed by atoms with Gasteiger partial charge in [-0.3, -0.25) is 0 Å². The summed E-state index contributed by atoms with van der Waals surface area (Å²) in [5.41, 5.74) is 6.33. The molecule has 0 N–H and O–H groups in total. The number of aromatic nitrogens is 4. The van der Waals surface area contributed by atoms with Crippen molar-refractivity contribution >= 4 is 21.9 Å². The summed E-state index contributed by atoms with van der Waals surface area (Å²) >= 11 is 0. The zero-order valence-electron chi connectivity index (χ0n) is 17.1. The second kappa shape index (κ2) is 5.86. The molecule has 0 radical (unpaired) electrons. The fourth-order valence-electron chi connectivity index (χ4n) is 4.42. The van der Waals surface area contributed by atoms with Gasteiger partial charge in [-0.1, -0.05) is 36.4 Å². The van der Waals surface area contributed by atoms with Crippen LogP contribution < -0.4 is 4.57 Å². The topological polar surface area (TPSA) is 18.7 Å². The Morgan fingerprint density at radius 2 is 1.54 bits per heavy atom. The molecule has 4 nitrogen and oxygen atoms in total. The zero-order valence-corrected chi connectivity index (χ0v) is 17.1. The molecule has 140 valence electrons. The minimum atomic E-state index is 1.16. The summed E-state index contributed by atoms with van der Waals surface area (Å²) in [6, 6.07) is 19.2. The highest BCUT2D eigenvalue weighted by Crippen LogP contribution is 2.36. The summed E-state index contributed by atoms with van der Waals surface area (Å²) in [4.78, 5) is 0. The van der Waals surface area contributed by atoms with E-state index >= 15 is 0 Å². The van der Waals surface area contributed by atoms with Crippen LogP contribution in [0.3, 0.4) is 0 Å². The van der Waals surface area contributed by atoms with Gasteiger partial charge in [0.15, 0.2) is 5.65 Å². The van der Waals surface area contributed by atoms with Gasteiger partial charge in [0.1, 0.15) is 17.4 Å². The third kappa shape index (κ3) is 2.09. The maximum atomic E-state index is 2.40. The second-order valence-corrected chi connectivity index (χ2v) is 7.62. The molecule has 5 rings (SSSR count). The number of aryl methyl sites for hydroxylation is 2. The Hall–Kier alpha value is -3.27. The van der Waals surface area contributed by atoms with Gasteiger partial charge in [-0.2, -0.15) is 0 Å². The first-order valence-electron chi connectivity index (χ1n) is 9.69. The molecule has 0 saturated heterocycles. The van der Waals surface area contributed by atoms with E-state index in [1.165, 1.54) is 44.7 Å². The molecule has 0 aliphatic heterocycles. The van der Waals surface area contributed by atoms with E-state index in [1.54, 1.807) is 0 Å². The van der Waals surface area contributed by atoms with E-state index in [4.69, 9.17) is 0 Å². The number of hydrogen-bond acceptors (Lipinski definition) is 0. The van der Waals surface area contributed by atoms with Gasteiger partial charge in [-0.15, -0.1) is 0 Å². The van der Waals surface area contributed by atoms with Crippen LogP contribution >= 0.6 is 0 Å². The monoisotopic (exact) mass is 369 g/mol. The molecule has 0 fully saturated rings. The van der Waals surface area contributed by atoms with Crippen LogP contribution in [0.15, 0.2) is 60.8 Å². The molecule has 0 spiro atoms. The molecule has 0 atom stereocenters. The van der Waals surface area contributed by atoms with Crippen LogP contribution in [0.2, 0.25) is 0 Å². The lowest BCUT2D eigenvalue weighted by Crippen LogP contribution is -2.35. The van der Waals surface area contributed by atoms with Crippen molar-refractivity contribution in [2.24, 2.45) is 14.1 Å². The van der Waals surface area contributed by atoms with Crippen molar-refractivity contribution in [3.8, 4) is 11.5 Å². The van der Waals surface area contributed by atoms with Crippen molar-refractivity contribution in [1.29, 1.82) is 0 Å². The van der Waals surface area contributed by atoms with Crippen LogP contribution in [0.1, 0.15) is 17.1 Å². The van der Waals surface area contributed by atoms with Gasteiger partial charge in [-0.25, -0.2) is 13.7 Å². The molecular weight excluding hydrogens is 344 g/mol. The normalized spacial score (nSPS) is 11.8. The van der Waals surface area contributed by atoms with Gasteiger partial charge >= 0.3 is 0 Å². The fourth-order valence-corrected chi connectivity index (χ4v) is 4.42. The molecule has 0 saturated carbocycles. The molecule has 3 aromatic heterocycles. The Balaban J connectivity index is 1.91. The Morgan fingerprint density at radius 3 is 2.29 bits per heavy atom. The lowest BCUT2D eigenvalue weighted by atomic mass is 10.1. The molecule has 0 aliphatic carbocycles. The molecule has 0 aliphatic rings. The maximum absolute atomic E-state index is 2.40. The van der Waals surface area contributed by atoms with E-state index in [0.717, 1.165) is 5.82 Å². The fraction of sp³-hybridized carbons (Fsp3) is 0.208. The van der Waals surface area contributed by atoms with Gasteiger partial charge < -0.3 is 4.57 Å². The number of para-hydroxylation sites is 2. The molecule has 0 amide bonds. The predicted molar refractivity (Wildman–Crippen MR) is 114 cm³/mol. The van der Waals surface area contributed by atoms with E-state index in [-0.39, 0.29) is 0 Å². The van der Waals surface area contributed by atoms with Gasteiger partial charge in [0.2, 0.25) is 5.82 Å². The smallest absolute Gasteiger partial charge is 0.267 e. The van der Waals surface area contributed by atoms with Crippen molar-refractivity contribution in [3.63, 3.8) is 0 Å². The lowest BCUT2D eigenvalue weighted by Gasteiger charge is -2.04. The Kier molecular flexibility index (Phi) is 3.53. The average Bonchev–Trinajstić information content (AvgIpc) is 3.29.